The molecule has 4 nitrogen and oxygen atoms in total. The third-order valence-corrected chi connectivity index (χ3v) is 4.49. The van der Waals surface area contributed by atoms with Crippen LogP contribution in [-0.2, 0) is 4.74 Å². The Morgan fingerprint density at radius 1 is 1.28 bits per heavy atom. The quantitative estimate of drug-likeness (QED) is 0.489. The Labute approximate surface area is 154 Å². The van der Waals surface area contributed by atoms with Gasteiger partial charge in [-0.15, -0.1) is 0 Å². The van der Waals surface area contributed by atoms with Crippen molar-refractivity contribution in [1.82, 2.24) is 9.88 Å². The fourth-order valence-electron chi connectivity index (χ4n) is 2.24. The molecule has 1 heterocycles. The van der Waals surface area contributed by atoms with E-state index in [0.717, 1.165) is 40.8 Å². The number of anilines is 2. The van der Waals surface area contributed by atoms with Crippen LogP contribution < -0.4 is 5.32 Å². The minimum absolute atomic E-state index is 0.638. The highest BCUT2D eigenvalue weighted by atomic mass is 32.1. The molecule has 1 N–H and O–H groups in total. The van der Waals surface area contributed by atoms with Gasteiger partial charge in [-0.1, -0.05) is 47.8 Å². The van der Waals surface area contributed by atoms with E-state index in [0.29, 0.717) is 6.61 Å². The standard InChI is InChI=1S/C20H27N3OS/c1-4-17(10-8-14-24-15-9-13-23(2)3)19-16-21-20(25-19)22-18-11-6-5-7-12-18/h4-8,10-12,16H,9,13-15H2,1-3H3,(H,21,22)/b10-8-,17-4+. The third kappa shape index (κ3) is 7.22. The minimum Gasteiger partial charge on any atom is -0.377 e. The monoisotopic (exact) mass is 357 g/mol. The third-order valence-electron chi connectivity index (χ3n) is 3.53. The highest BCUT2D eigenvalue weighted by Crippen LogP contribution is 2.28. The molecule has 2 rings (SSSR count). The smallest absolute Gasteiger partial charge is 0.187 e. The Morgan fingerprint density at radius 3 is 2.80 bits per heavy atom. The van der Waals surface area contributed by atoms with Crippen LogP contribution in [0.3, 0.4) is 0 Å². The molecular weight excluding hydrogens is 330 g/mol. The first-order chi connectivity index (χ1) is 12.2. The number of benzene rings is 1. The van der Waals surface area contributed by atoms with Gasteiger partial charge in [-0.05, 0) is 51.7 Å². The number of thiazole rings is 1. The summed E-state index contributed by atoms with van der Waals surface area (Å²) in [4.78, 5) is 7.77. The van der Waals surface area contributed by atoms with E-state index in [1.54, 1.807) is 11.3 Å². The first-order valence-corrected chi connectivity index (χ1v) is 9.34. The van der Waals surface area contributed by atoms with Crippen LogP contribution in [0.4, 0.5) is 10.8 Å². The Morgan fingerprint density at radius 2 is 2.08 bits per heavy atom. The molecule has 0 aliphatic rings. The normalized spacial score (nSPS) is 12.2. The van der Waals surface area contributed by atoms with E-state index in [4.69, 9.17) is 4.74 Å². The lowest BCUT2D eigenvalue weighted by atomic mass is 10.2. The first-order valence-electron chi connectivity index (χ1n) is 8.52. The molecule has 0 radical (unpaired) electrons. The van der Waals surface area contributed by atoms with Crippen molar-refractivity contribution >= 4 is 27.7 Å². The molecule has 0 bridgehead atoms. The van der Waals surface area contributed by atoms with Crippen molar-refractivity contribution in [3.8, 4) is 0 Å². The van der Waals surface area contributed by atoms with Crippen molar-refractivity contribution < 1.29 is 4.74 Å². The Kier molecular flexibility index (Phi) is 8.39. The number of nitrogens with one attached hydrogen (secondary N) is 1. The molecule has 0 unspecified atom stereocenters. The van der Waals surface area contributed by atoms with Crippen LogP contribution in [0.25, 0.3) is 5.57 Å². The van der Waals surface area contributed by atoms with Crippen LogP contribution in [0.1, 0.15) is 18.2 Å². The van der Waals surface area contributed by atoms with Crippen LogP contribution in [0.5, 0.6) is 0 Å². The zero-order valence-electron chi connectivity index (χ0n) is 15.2. The topological polar surface area (TPSA) is 37.4 Å². The van der Waals surface area contributed by atoms with Gasteiger partial charge in [-0.3, -0.25) is 0 Å². The Bertz CT molecular complexity index is 677. The molecule has 25 heavy (non-hydrogen) atoms. The predicted octanol–water partition coefficient (Wildman–Crippen LogP) is 4.81. The maximum absolute atomic E-state index is 5.63. The molecule has 0 spiro atoms. The van der Waals surface area contributed by atoms with Gasteiger partial charge in [-0.25, -0.2) is 4.98 Å². The summed E-state index contributed by atoms with van der Waals surface area (Å²) in [7, 11) is 4.16. The first kappa shape index (κ1) is 19.4. The number of ether oxygens (including phenoxy) is 1. The van der Waals surface area contributed by atoms with Gasteiger partial charge in [0.15, 0.2) is 5.13 Å². The Hall–Kier alpha value is -1.95. The van der Waals surface area contributed by atoms with Gasteiger partial charge >= 0.3 is 0 Å². The zero-order valence-corrected chi connectivity index (χ0v) is 16.1. The summed E-state index contributed by atoms with van der Waals surface area (Å²) >= 11 is 1.65. The summed E-state index contributed by atoms with van der Waals surface area (Å²) in [5.74, 6) is 0. The summed E-state index contributed by atoms with van der Waals surface area (Å²) in [6.07, 6.45) is 9.23. The zero-order chi connectivity index (χ0) is 17.9. The minimum atomic E-state index is 0.638. The van der Waals surface area contributed by atoms with Crippen molar-refractivity contribution in [3.63, 3.8) is 0 Å². The molecule has 0 saturated heterocycles. The molecule has 1 aromatic carbocycles. The summed E-state index contributed by atoms with van der Waals surface area (Å²) in [5, 5.41) is 4.23. The number of nitrogens with zero attached hydrogens (tertiary/aromatic N) is 2. The number of para-hydroxylation sites is 1. The van der Waals surface area contributed by atoms with Crippen LogP contribution in [0, 0.1) is 0 Å². The molecule has 0 saturated carbocycles. The number of rotatable bonds is 10. The maximum atomic E-state index is 5.63. The molecule has 1 aromatic heterocycles. The predicted molar refractivity (Wildman–Crippen MR) is 109 cm³/mol. The Balaban J connectivity index is 1.81. The van der Waals surface area contributed by atoms with Gasteiger partial charge < -0.3 is 15.0 Å². The summed E-state index contributed by atoms with van der Waals surface area (Å²) in [6.45, 7) is 4.53. The van der Waals surface area contributed by atoms with E-state index >= 15 is 0 Å². The fourth-order valence-corrected chi connectivity index (χ4v) is 3.13. The SMILES string of the molecule is C/C=C(\C=C/COCCCN(C)C)c1cnc(Nc2ccccc2)s1. The van der Waals surface area contributed by atoms with Crippen molar-refractivity contribution in [1.29, 1.82) is 0 Å². The van der Waals surface area contributed by atoms with Crippen LogP contribution in [0.2, 0.25) is 0 Å². The van der Waals surface area contributed by atoms with E-state index < -0.39 is 0 Å². The number of hydrogen-bond acceptors (Lipinski definition) is 5. The van der Waals surface area contributed by atoms with Gasteiger partial charge in [0.25, 0.3) is 0 Å². The molecule has 0 fully saturated rings. The number of allylic oxidation sites excluding steroid dienone is 3. The second-order valence-electron chi connectivity index (χ2n) is 5.90. The van der Waals surface area contributed by atoms with Crippen molar-refractivity contribution in [2.24, 2.45) is 0 Å². The van der Waals surface area contributed by atoms with Gasteiger partial charge in [0.05, 0.1) is 11.5 Å². The van der Waals surface area contributed by atoms with Crippen LogP contribution >= 0.6 is 11.3 Å². The molecule has 2 aromatic rings. The van der Waals surface area contributed by atoms with Gasteiger partial charge in [0, 0.05) is 18.5 Å². The van der Waals surface area contributed by atoms with Crippen molar-refractivity contribution in [2.45, 2.75) is 13.3 Å². The molecule has 134 valence electrons. The van der Waals surface area contributed by atoms with E-state index in [1.807, 2.05) is 43.5 Å². The van der Waals surface area contributed by atoms with Crippen molar-refractivity contribution in [2.75, 3.05) is 39.2 Å². The lowest BCUT2D eigenvalue weighted by Gasteiger charge is -2.08. The molecular formula is C20H27N3OS. The van der Waals surface area contributed by atoms with E-state index in [1.165, 1.54) is 0 Å². The van der Waals surface area contributed by atoms with Gasteiger partial charge in [0.1, 0.15) is 0 Å². The highest BCUT2D eigenvalue weighted by molar-refractivity contribution is 7.16. The molecule has 0 amide bonds. The number of aromatic nitrogens is 1. The molecule has 0 aliphatic carbocycles. The van der Waals surface area contributed by atoms with Crippen LogP contribution in [0.15, 0.2) is 54.8 Å². The average molecular weight is 358 g/mol. The maximum Gasteiger partial charge on any atom is 0.187 e. The summed E-state index contributed by atoms with van der Waals surface area (Å²) in [5.41, 5.74) is 2.21. The van der Waals surface area contributed by atoms with E-state index in [9.17, 15) is 0 Å². The van der Waals surface area contributed by atoms with Crippen LogP contribution in [-0.4, -0.2) is 43.7 Å². The van der Waals surface area contributed by atoms with Crippen molar-refractivity contribution in [3.05, 3.63) is 59.6 Å². The highest BCUT2D eigenvalue weighted by Gasteiger charge is 2.04. The summed E-state index contributed by atoms with van der Waals surface area (Å²) < 4.78 is 5.63. The molecule has 0 atom stereocenters. The molecule has 0 aliphatic heterocycles. The lowest BCUT2D eigenvalue weighted by Crippen LogP contribution is -2.14. The van der Waals surface area contributed by atoms with Gasteiger partial charge in [-0.2, -0.15) is 0 Å². The average Bonchev–Trinajstić information content (AvgIpc) is 3.06. The fraction of sp³-hybridized carbons (Fsp3) is 0.350. The lowest BCUT2D eigenvalue weighted by molar-refractivity contribution is 0.152. The van der Waals surface area contributed by atoms with Gasteiger partial charge in [0.2, 0.25) is 0 Å². The van der Waals surface area contributed by atoms with E-state index in [2.05, 4.69) is 47.5 Å². The second kappa shape index (κ2) is 10.8. The second-order valence-corrected chi connectivity index (χ2v) is 6.93. The number of hydrogen-bond donors (Lipinski definition) is 1. The molecule has 5 heteroatoms. The summed E-state index contributed by atoms with van der Waals surface area (Å²) in [6, 6.07) is 10.1. The largest absolute Gasteiger partial charge is 0.377 e. The van der Waals surface area contributed by atoms with E-state index in [-0.39, 0.29) is 0 Å².